The second-order valence-electron chi connectivity index (χ2n) is 37.0. The molecule has 3 fully saturated rings. The first kappa shape index (κ1) is 131. The molecule has 0 aliphatic carbocycles. The van der Waals surface area contributed by atoms with Gasteiger partial charge in [-0.15, -0.1) is 0 Å². The molecule has 0 bridgehead atoms. The van der Waals surface area contributed by atoms with Gasteiger partial charge in [0.05, 0.1) is 52.6 Å². The first-order valence-corrected chi connectivity index (χ1v) is 42.1. The minimum Gasteiger partial charge on any atom is -0.480 e. The Morgan fingerprint density at radius 1 is 0.406 bits per heavy atom. The highest BCUT2D eigenvalue weighted by Gasteiger charge is 2.64. The van der Waals surface area contributed by atoms with E-state index in [0.717, 1.165) is 14.5 Å². The van der Waals surface area contributed by atoms with Gasteiger partial charge in [0, 0.05) is 34.6 Å². The largest absolute Gasteiger partial charge is 0.494 e. The van der Waals surface area contributed by atoms with Gasteiger partial charge in [-0.05, 0) is 230 Å². The van der Waals surface area contributed by atoms with Crippen LogP contribution in [0.2, 0.25) is 0 Å². The summed E-state index contributed by atoms with van der Waals surface area (Å²) in [7, 11) is -3.35. The lowest BCUT2D eigenvalue weighted by atomic mass is 9.49. The molecule has 3 aliphatic heterocycles. The number of carbonyl (C=O) groups is 8. The smallest absolute Gasteiger partial charge is 0.480 e. The van der Waals surface area contributed by atoms with Crippen molar-refractivity contribution in [2.24, 2.45) is 5.73 Å². The number of carboxylic acids is 1. The number of benzene rings is 4. The van der Waals surface area contributed by atoms with E-state index in [4.69, 9.17) is 52.0 Å². The number of aliphatic carboxylic acids is 1. The number of rotatable bonds is 23. The third-order valence-corrected chi connectivity index (χ3v) is 19.9. The van der Waals surface area contributed by atoms with E-state index < -0.39 is 191 Å². The molecule has 0 aromatic heterocycles. The lowest BCUT2D eigenvalue weighted by Crippen LogP contribution is -2.51. The summed E-state index contributed by atoms with van der Waals surface area (Å²) in [4.78, 5) is 95.7. The SMILES string of the molecule is CC(C)(C)OC(=O)N[C@@H](Cc1cccc(B(O)O)c1)C(=O)NCC(F)(F)F.CC(C)(C)OC(=O)N[C@@H](Cc1cccc(B2OC(C)(C)C(C)(C)O2)c1)C(=O)NCC(F)(F)F.CC(C)(C)OC(=O)N[C@@H](Cc1cccc(Br)c1)C(=O)CCC(F)(F)F.CC(C)(C)OC(=O)N[C@@H](Cc1cccc(Br)c1)C(=O)O.CC1(C)OB(B2OC(C)(C)C(C)(C)O2)OC1(C)C.NCC(F)(F)F.S.S.S.S. The van der Waals surface area contributed by atoms with Crippen molar-refractivity contribution in [1.29, 1.82) is 0 Å². The minimum atomic E-state index is -4.60. The van der Waals surface area contributed by atoms with Crippen LogP contribution in [0, 0.1) is 0 Å². The van der Waals surface area contributed by atoms with Crippen LogP contribution in [0.15, 0.2) is 106 Å². The maximum absolute atomic E-state index is 12.6. The molecule has 4 aromatic carbocycles. The summed E-state index contributed by atoms with van der Waals surface area (Å²) in [5.41, 5.74) is 1.85. The highest BCUT2D eigenvalue weighted by atomic mass is 79.9. The Bertz CT molecular complexity index is 4280. The lowest BCUT2D eigenvalue weighted by Gasteiger charge is -2.32. The second-order valence-corrected chi connectivity index (χ2v) is 38.8. The van der Waals surface area contributed by atoms with Crippen LogP contribution >= 0.6 is 85.8 Å². The van der Waals surface area contributed by atoms with Gasteiger partial charge in [-0.3, -0.25) is 14.4 Å². The normalized spacial score (nSPS) is 16.5. The molecule has 6 amide bonds. The summed E-state index contributed by atoms with van der Waals surface area (Å²) in [6.07, 6.45) is -23.1. The van der Waals surface area contributed by atoms with Crippen molar-refractivity contribution in [2.45, 2.75) is 310 Å². The van der Waals surface area contributed by atoms with E-state index in [9.17, 15) is 101 Å². The van der Waals surface area contributed by atoms with Gasteiger partial charge in [-0.25, -0.2) is 24.0 Å². The van der Waals surface area contributed by atoms with Crippen molar-refractivity contribution >= 4 is 173 Å². The number of nitrogens with two attached hydrogens (primary N) is 1. The van der Waals surface area contributed by atoms with Gasteiger partial charge < -0.3 is 99.7 Å². The number of hydrogen-bond donors (Lipinski definition) is 10. The van der Waals surface area contributed by atoms with Crippen molar-refractivity contribution in [1.82, 2.24) is 31.9 Å². The van der Waals surface area contributed by atoms with E-state index in [1.807, 2.05) is 107 Å². The average Bonchev–Trinajstić information content (AvgIpc) is 1.60. The van der Waals surface area contributed by atoms with E-state index in [1.54, 1.807) is 143 Å². The van der Waals surface area contributed by atoms with Gasteiger partial charge in [0.2, 0.25) is 11.8 Å². The van der Waals surface area contributed by atoms with Gasteiger partial charge in [0.15, 0.2) is 5.78 Å². The standard InChI is InChI=1S/C22H32BF3N2O5.C17H21BrF3NO3.C16H22BF3N2O5.C14H18BrNO4.C12H24B2O4.C2H4F3N.4H2S/c1-19(2,3)31-18(30)28-16(17(29)27-13-22(24,25)26)12-14-9-8-10-15(11-14)23-32-20(4,5)21(6,7)33-23;1-16(2,3)25-15(24)22-13(14(23)7-8-17(19,20)21)10-11-5-4-6-12(18)9-11;1-15(2,3)27-14(24)22-12(13(23)21-9-16(18,19)20)8-10-5-4-6-11(7-10)17(25)26;1-14(2,3)20-13(19)16-11(12(17)18)8-9-5-4-6-10(15)7-9;1-9(2)10(3,4)16-13(15-9)14-17-11(5,6)12(7,8)18-14;3-2(4,5)1-6;;;;/h8-11,16H,12-13H2,1-7H3,(H,27,29)(H,28,30);4-6,9,13H,7-8,10H2,1-3H3,(H,22,24);4-7,12,25-26H,8-9H2,1-3H3,(H,21,23)(H,22,24);4-7,11H,8H2,1-3H3,(H,16,19)(H,17,18);1-8H3;1,6H2;4*1H2/t16-;13-;12-;11-;;;;;;/m0000....../s1. The van der Waals surface area contributed by atoms with Gasteiger partial charge in [-0.2, -0.15) is 107 Å². The Kier molecular flexibility index (Phi) is 52.6. The summed E-state index contributed by atoms with van der Waals surface area (Å²) in [6, 6.07) is 22.3. The Balaban J connectivity index is -0.00000157. The van der Waals surface area contributed by atoms with Gasteiger partial charge >= 0.3 is 83.3 Å². The van der Waals surface area contributed by atoms with Crippen LogP contribution < -0.4 is 48.6 Å². The Morgan fingerprint density at radius 2 is 0.677 bits per heavy atom. The fourth-order valence-electron chi connectivity index (χ4n) is 10.7. The number of alkyl halides is 12. The van der Waals surface area contributed by atoms with Crippen LogP contribution in [0.5, 0.6) is 0 Å². The molecule has 0 saturated carbocycles. The second kappa shape index (κ2) is 53.6. The summed E-state index contributed by atoms with van der Waals surface area (Å²) in [5, 5.41) is 40.5. The van der Waals surface area contributed by atoms with Crippen molar-refractivity contribution in [2.75, 3.05) is 19.6 Å². The maximum atomic E-state index is 12.6. The Hall–Kier alpha value is -6.54. The van der Waals surface area contributed by atoms with Gasteiger partial charge in [0.25, 0.3) is 0 Å². The van der Waals surface area contributed by atoms with E-state index in [0.29, 0.717) is 22.2 Å². The molecule has 3 heterocycles. The van der Waals surface area contributed by atoms with Crippen molar-refractivity contribution in [3.63, 3.8) is 0 Å². The fourth-order valence-corrected chi connectivity index (χ4v) is 11.6. The number of alkyl carbamates (subject to hydrolysis) is 4. The number of halogens is 14. The highest BCUT2D eigenvalue weighted by Crippen LogP contribution is 2.43. The molecule has 28 nitrogen and oxygen atoms in total. The first-order chi connectivity index (χ1) is 58.1. The number of ketones is 1. The fraction of sp³-hybridized carbons (Fsp3) is 0.614. The molecule has 0 radical (unpaired) electrons. The van der Waals surface area contributed by atoms with Gasteiger partial charge in [0.1, 0.15) is 53.6 Å². The van der Waals surface area contributed by atoms with E-state index in [2.05, 4.69) is 58.9 Å². The molecule has 133 heavy (non-hydrogen) atoms. The molecule has 4 atom stereocenters. The average molecular weight is 2120 g/mol. The zero-order valence-corrected chi connectivity index (χ0v) is 86.0. The van der Waals surface area contributed by atoms with Crippen molar-refractivity contribution in [3.05, 3.63) is 128 Å². The van der Waals surface area contributed by atoms with Crippen LogP contribution in [0.1, 0.15) is 201 Å². The molecule has 3 aliphatic rings. The number of hydrogen-bond acceptors (Lipinski definition) is 21. The van der Waals surface area contributed by atoms with Crippen LogP contribution in [-0.4, -0.2) is 216 Å². The summed E-state index contributed by atoms with van der Waals surface area (Å²) in [6.45, 7) is 39.4. The van der Waals surface area contributed by atoms with E-state index in [1.165, 1.54) is 24.3 Å². The van der Waals surface area contributed by atoms with E-state index >= 15 is 0 Å². The third kappa shape index (κ3) is 52.2. The predicted octanol–water partition coefficient (Wildman–Crippen LogP) is 14.6. The van der Waals surface area contributed by atoms with Crippen molar-refractivity contribution < 1.29 is 153 Å². The molecular formula is C83H129B4Br2F12N7O21S4. The minimum absolute atomic E-state index is 0. The van der Waals surface area contributed by atoms with Crippen LogP contribution in [0.4, 0.5) is 71.9 Å². The molecule has 4 aromatic rings. The molecule has 7 rings (SSSR count). The van der Waals surface area contributed by atoms with Crippen LogP contribution in [0.3, 0.4) is 0 Å². The molecule has 3 saturated heterocycles. The summed E-state index contributed by atoms with van der Waals surface area (Å²) < 4.78 is 202. The first-order valence-electron chi connectivity index (χ1n) is 40.5. The molecule has 0 spiro atoms. The molecule has 11 N–H and O–H groups in total. The number of Topliss-reactive ketones (excluding diaryl/α,β-unsaturated/α-hetero) is 1. The monoisotopic (exact) mass is 2120 g/mol. The summed E-state index contributed by atoms with van der Waals surface area (Å²) in [5.74, 6) is -3.81. The Labute approximate surface area is 816 Å². The maximum Gasteiger partial charge on any atom is 0.494 e. The number of nitrogens with one attached hydrogen (secondary N) is 6. The van der Waals surface area contributed by atoms with Crippen LogP contribution in [0.25, 0.3) is 0 Å². The number of ether oxygens (including phenoxy) is 4. The third-order valence-electron chi connectivity index (χ3n) is 18.9. The highest BCUT2D eigenvalue weighted by molar-refractivity contribution is 9.10. The zero-order chi connectivity index (χ0) is 99.8. The van der Waals surface area contributed by atoms with Crippen molar-refractivity contribution in [3.8, 4) is 0 Å². The lowest BCUT2D eigenvalue weighted by molar-refractivity contribution is -0.144. The van der Waals surface area contributed by atoms with Crippen LogP contribution in [-0.2, 0) is 91.7 Å². The zero-order valence-electron chi connectivity index (χ0n) is 78.8. The topological polar surface area (TPSA) is 388 Å². The molecule has 756 valence electrons. The Morgan fingerprint density at radius 3 is 0.962 bits per heavy atom. The predicted molar refractivity (Wildman–Crippen MR) is 509 cm³/mol. The number of carbonyl (C=O) groups excluding carboxylic acids is 7. The summed E-state index contributed by atoms with van der Waals surface area (Å²) >= 11 is 6.61. The number of carboxylic acid groups (broad SMARTS) is 1. The molecule has 50 heteroatoms. The van der Waals surface area contributed by atoms with Gasteiger partial charge in [-0.1, -0.05) is 105 Å². The molecular weight excluding hydrogens is 1990 g/mol. The van der Waals surface area contributed by atoms with E-state index in [-0.39, 0.29) is 108 Å². The molecule has 0 unspecified atom stereocenters. The number of amides is 6. The quantitative estimate of drug-likeness (QED) is 0.0187.